The normalized spacial score (nSPS) is 11.3. The average Bonchev–Trinajstić information content (AvgIpc) is 2.79. The van der Waals surface area contributed by atoms with Gasteiger partial charge >= 0.3 is 0 Å². The standard InChI is InChI=1S/C26H20FN3O/c1-3-8-20(4-2)28-25-17-24(31)22-15-16-23(18-11-13-19(27)14-12-18)29-26(22)30(25)21-9-6-5-7-10-21/h3-17,28H,1-2H2/b20-8+. The number of allylic oxidation sites excluding steroid dienone is 3. The Morgan fingerprint density at radius 2 is 1.74 bits per heavy atom. The van der Waals surface area contributed by atoms with E-state index in [-0.39, 0.29) is 11.2 Å². The second-order valence-electron chi connectivity index (χ2n) is 6.83. The molecule has 0 fully saturated rings. The SMILES string of the molecule is C=C/C=C(\C=C)Nc1cc(=O)c2ccc(-c3ccc(F)cc3)nc2n1-c1ccccc1. The second kappa shape index (κ2) is 8.63. The summed E-state index contributed by atoms with van der Waals surface area (Å²) in [6.45, 7) is 7.53. The minimum atomic E-state index is -0.317. The van der Waals surface area contributed by atoms with E-state index in [2.05, 4.69) is 18.5 Å². The first-order valence-electron chi connectivity index (χ1n) is 9.71. The Hall–Kier alpha value is -4.25. The number of nitrogens with zero attached hydrogens (tertiary/aromatic N) is 2. The molecule has 4 rings (SSSR count). The van der Waals surface area contributed by atoms with Crippen molar-refractivity contribution in [2.75, 3.05) is 5.32 Å². The van der Waals surface area contributed by atoms with Gasteiger partial charge in [-0.25, -0.2) is 9.37 Å². The summed E-state index contributed by atoms with van der Waals surface area (Å²) in [6.07, 6.45) is 5.05. The topological polar surface area (TPSA) is 46.9 Å². The largest absolute Gasteiger partial charge is 0.341 e. The van der Waals surface area contributed by atoms with Crippen molar-refractivity contribution in [1.82, 2.24) is 9.55 Å². The molecule has 2 heterocycles. The number of aromatic nitrogens is 2. The predicted molar refractivity (Wildman–Crippen MR) is 125 cm³/mol. The number of benzene rings is 2. The number of fused-ring (bicyclic) bond motifs is 1. The first kappa shape index (κ1) is 20.0. The van der Waals surface area contributed by atoms with Crippen LogP contribution in [0.4, 0.5) is 10.2 Å². The van der Waals surface area contributed by atoms with Gasteiger partial charge in [-0.3, -0.25) is 9.36 Å². The highest BCUT2D eigenvalue weighted by atomic mass is 19.1. The Balaban J connectivity index is 2.02. The average molecular weight is 409 g/mol. The van der Waals surface area contributed by atoms with Gasteiger partial charge in [0.05, 0.1) is 11.1 Å². The Bertz CT molecular complexity index is 1350. The summed E-state index contributed by atoms with van der Waals surface area (Å²) < 4.78 is 15.2. The minimum Gasteiger partial charge on any atom is -0.341 e. The summed E-state index contributed by atoms with van der Waals surface area (Å²) in [7, 11) is 0. The van der Waals surface area contributed by atoms with Crippen molar-refractivity contribution in [3.8, 4) is 16.9 Å². The molecule has 152 valence electrons. The number of rotatable bonds is 6. The molecular formula is C26H20FN3O. The summed E-state index contributed by atoms with van der Waals surface area (Å²) in [4.78, 5) is 17.7. The monoisotopic (exact) mass is 409 g/mol. The van der Waals surface area contributed by atoms with Crippen LogP contribution in [0.25, 0.3) is 28.0 Å². The number of nitrogens with one attached hydrogen (secondary N) is 1. The van der Waals surface area contributed by atoms with Gasteiger partial charge in [0.2, 0.25) is 0 Å². The zero-order chi connectivity index (χ0) is 21.8. The molecule has 0 aliphatic heterocycles. The van der Waals surface area contributed by atoms with Gasteiger partial charge < -0.3 is 5.32 Å². The fourth-order valence-electron chi connectivity index (χ4n) is 3.34. The molecule has 0 atom stereocenters. The molecule has 0 bridgehead atoms. The van der Waals surface area contributed by atoms with Crippen LogP contribution in [0, 0.1) is 5.82 Å². The van der Waals surface area contributed by atoms with Crippen molar-refractivity contribution in [2.24, 2.45) is 0 Å². The number of pyridine rings is 2. The van der Waals surface area contributed by atoms with Crippen molar-refractivity contribution in [3.05, 3.63) is 126 Å². The summed E-state index contributed by atoms with van der Waals surface area (Å²) in [6, 6.07) is 20.8. The zero-order valence-electron chi connectivity index (χ0n) is 16.8. The van der Waals surface area contributed by atoms with Gasteiger partial charge in [0.25, 0.3) is 0 Å². The Labute approximate surface area is 179 Å². The van der Waals surface area contributed by atoms with E-state index in [1.165, 1.54) is 18.2 Å². The van der Waals surface area contributed by atoms with Crippen molar-refractivity contribution in [1.29, 1.82) is 0 Å². The first-order chi connectivity index (χ1) is 15.1. The van der Waals surface area contributed by atoms with E-state index in [1.807, 2.05) is 34.9 Å². The molecule has 4 aromatic rings. The fraction of sp³-hybridized carbons (Fsp3) is 0. The van der Waals surface area contributed by atoms with Gasteiger partial charge in [0.15, 0.2) is 11.1 Å². The van der Waals surface area contributed by atoms with Crippen LogP contribution in [-0.4, -0.2) is 9.55 Å². The highest BCUT2D eigenvalue weighted by Gasteiger charge is 2.14. The molecule has 4 nitrogen and oxygen atoms in total. The third-order valence-electron chi connectivity index (χ3n) is 4.81. The number of para-hydroxylation sites is 1. The van der Waals surface area contributed by atoms with Gasteiger partial charge in [0, 0.05) is 23.0 Å². The molecule has 0 aliphatic carbocycles. The van der Waals surface area contributed by atoms with Gasteiger partial charge in [-0.15, -0.1) is 0 Å². The minimum absolute atomic E-state index is 0.162. The van der Waals surface area contributed by atoms with Crippen LogP contribution in [0.3, 0.4) is 0 Å². The number of halogens is 1. The van der Waals surface area contributed by atoms with Crippen LogP contribution < -0.4 is 10.7 Å². The quantitative estimate of drug-likeness (QED) is 0.406. The maximum absolute atomic E-state index is 13.4. The molecular weight excluding hydrogens is 389 g/mol. The van der Waals surface area contributed by atoms with Crippen molar-refractivity contribution < 1.29 is 4.39 Å². The van der Waals surface area contributed by atoms with E-state index in [0.29, 0.717) is 28.2 Å². The van der Waals surface area contributed by atoms with E-state index in [4.69, 9.17) is 4.98 Å². The molecule has 1 N–H and O–H groups in total. The molecule has 0 unspecified atom stereocenters. The Morgan fingerprint density at radius 1 is 1.00 bits per heavy atom. The summed E-state index contributed by atoms with van der Waals surface area (Å²) >= 11 is 0. The van der Waals surface area contributed by atoms with Gasteiger partial charge in [-0.1, -0.05) is 37.4 Å². The second-order valence-corrected chi connectivity index (χ2v) is 6.83. The van der Waals surface area contributed by atoms with Crippen molar-refractivity contribution in [2.45, 2.75) is 0 Å². The lowest BCUT2D eigenvalue weighted by molar-refractivity contribution is 0.628. The lowest BCUT2D eigenvalue weighted by Gasteiger charge is -2.18. The van der Waals surface area contributed by atoms with Crippen molar-refractivity contribution in [3.63, 3.8) is 0 Å². The number of hydrogen-bond acceptors (Lipinski definition) is 3. The van der Waals surface area contributed by atoms with Gasteiger partial charge in [-0.05, 0) is 60.7 Å². The third-order valence-corrected chi connectivity index (χ3v) is 4.81. The molecule has 0 spiro atoms. The molecule has 0 saturated carbocycles. The highest BCUT2D eigenvalue weighted by Crippen LogP contribution is 2.25. The van der Waals surface area contributed by atoms with E-state index in [1.54, 1.807) is 42.5 Å². The van der Waals surface area contributed by atoms with E-state index < -0.39 is 0 Å². The summed E-state index contributed by atoms with van der Waals surface area (Å²) in [5.74, 6) is 0.226. The molecule has 5 heteroatoms. The molecule has 2 aromatic carbocycles. The van der Waals surface area contributed by atoms with Gasteiger partial charge in [0.1, 0.15) is 11.6 Å². The van der Waals surface area contributed by atoms with Crippen LogP contribution in [0.5, 0.6) is 0 Å². The fourth-order valence-corrected chi connectivity index (χ4v) is 3.34. The lowest BCUT2D eigenvalue weighted by atomic mass is 10.1. The highest BCUT2D eigenvalue weighted by molar-refractivity contribution is 5.83. The van der Waals surface area contributed by atoms with E-state index >= 15 is 0 Å². The number of hydrogen-bond donors (Lipinski definition) is 1. The number of anilines is 1. The predicted octanol–water partition coefficient (Wildman–Crippen LogP) is 5.86. The molecule has 0 radical (unpaired) electrons. The molecule has 0 amide bonds. The van der Waals surface area contributed by atoms with E-state index in [9.17, 15) is 9.18 Å². The third kappa shape index (κ3) is 4.07. The van der Waals surface area contributed by atoms with E-state index in [0.717, 1.165) is 11.3 Å². The van der Waals surface area contributed by atoms with Crippen LogP contribution >= 0.6 is 0 Å². The van der Waals surface area contributed by atoms with Crippen LogP contribution in [0.2, 0.25) is 0 Å². The molecule has 0 aliphatic rings. The van der Waals surface area contributed by atoms with Crippen LogP contribution in [-0.2, 0) is 0 Å². The smallest absolute Gasteiger partial charge is 0.193 e. The maximum Gasteiger partial charge on any atom is 0.193 e. The molecule has 0 saturated heterocycles. The maximum atomic E-state index is 13.4. The zero-order valence-corrected chi connectivity index (χ0v) is 16.8. The Morgan fingerprint density at radius 3 is 2.42 bits per heavy atom. The van der Waals surface area contributed by atoms with Gasteiger partial charge in [-0.2, -0.15) is 0 Å². The Kier molecular flexibility index (Phi) is 5.58. The lowest BCUT2D eigenvalue weighted by Crippen LogP contribution is -2.15. The summed E-state index contributed by atoms with van der Waals surface area (Å²) in [5, 5.41) is 3.72. The molecule has 2 aromatic heterocycles. The van der Waals surface area contributed by atoms with Crippen LogP contribution in [0.1, 0.15) is 0 Å². The van der Waals surface area contributed by atoms with Crippen LogP contribution in [0.15, 0.2) is 115 Å². The molecule has 31 heavy (non-hydrogen) atoms. The first-order valence-corrected chi connectivity index (χ1v) is 9.71. The van der Waals surface area contributed by atoms with Crippen molar-refractivity contribution >= 4 is 16.9 Å². The summed E-state index contributed by atoms with van der Waals surface area (Å²) in [5.41, 5.74) is 3.25.